The highest BCUT2D eigenvalue weighted by molar-refractivity contribution is 6.19. The predicted octanol–water partition coefficient (Wildman–Crippen LogP) is 1.09. The molecule has 0 aliphatic heterocycles. The highest BCUT2D eigenvalue weighted by Crippen LogP contribution is 2.08. The summed E-state index contributed by atoms with van der Waals surface area (Å²) in [6.45, 7) is 1.56. The van der Waals surface area contributed by atoms with E-state index in [1.54, 1.807) is 6.92 Å². The Hall–Kier alpha value is -1.14. The van der Waals surface area contributed by atoms with Gasteiger partial charge in [0.2, 0.25) is 0 Å². The molecular formula is C12H19ClO6. The van der Waals surface area contributed by atoms with Crippen LogP contribution in [0.25, 0.3) is 0 Å². The minimum atomic E-state index is -1.08. The van der Waals surface area contributed by atoms with Crippen LogP contribution in [0.4, 0.5) is 0 Å². The Morgan fingerprint density at radius 2 is 1.89 bits per heavy atom. The average molecular weight is 295 g/mol. The number of ketones is 1. The predicted molar refractivity (Wildman–Crippen MR) is 68.0 cm³/mol. The van der Waals surface area contributed by atoms with Gasteiger partial charge in [0.25, 0.3) is 0 Å². The van der Waals surface area contributed by atoms with Crippen LogP contribution in [0, 0.1) is 0 Å². The van der Waals surface area contributed by atoms with E-state index >= 15 is 0 Å². The zero-order valence-corrected chi connectivity index (χ0v) is 11.9. The molecule has 0 aliphatic carbocycles. The van der Waals surface area contributed by atoms with Gasteiger partial charge in [0.05, 0.1) is 6.61 Å². The Bertz CT molecular complexity index is 305. The molecule has 0 aliphatic rings. The van der Waals surface area contributed by atoms with Crippen LogP contribution in [0.3, 0.4) is 0 Å². The lowest BCUT2D eigenvalue weighted by atomic mass is 10.1. The van der Waals surface area contributed by atoms with Gasteiger partial charge in [0.1, 0.15) is 12.4 Å². The number of carbonyl (C=O) groups is 3. The lowest BCUT2D eigenvalue weighted by molar-refractivity contribution is -0.170. The second-order valence-electron chi connectivity index (χ2n) is 3.68. The molecule has 0 saturated heterocycles. The molecule has 0 bridgehead atoms. The van der Waals surface area contributed by atoms with Gasteiger partial charge >= 0.3 is 11.9 Å². The van der Waals surface area contributed by atoms with E-state index in [-0.39, 0.29) is 44.1 Å². The third kappa shape index (κ3) is 8.56. The summed E-state index contributed by atoms with van der Waals surface area (Å²) in [5, 5.41) is 0. The number of ether oxygens (including phenoxy) is 3. The SMILES string of the molecule is CCOC(=O)C(CCC(=O)CCCl)OC(=O)COC. The van der Waals surface area contributed by atoms with Crippen molar-refractivity contribution in [3.63, 3.8) is 0 Å². The molecule has 0 amide bonds. The first-order chi connectivity index (χ1) is 9.04. The summed E-state index contributed by atoms with van der Waals surface area (Å²) in [5.41, 5.74) is 0. The highest BCUT2D eigenvalue weighted by Gasteiger charge is 2.24. The highest BCUT2D eigenvalue weighted by atomic mass is 35.5. The van der Waals surface area contributed by atoms with Crippen molar-refractivity contribution in [2.45, 2.75) is 32.3 Å². The molecule has 0 aromatic heterocycles. The maximum Gasteiger partial charge on any atom is 0.347 e. The summed E-state index contributed by atoms with van der Waals surface area (Å²) in [6.07, 6.45) is -0.661. The summed E-state index contributed by atoms with van der Waals surface area (Å²) in [4.78, 5) is 34.2. The first-order valence-electron chi connectivity index (χ1n) is 5.97. The number of hydrogen-bond donors (Lipinski definition) is 0. The third-order valence-corrected chi connectivity index (χ3v) is 2.33. The van der Waals surface area contributed by atoms with Crippen molar-refractivity contribution in [3.8, 4) is 0 Å². The molecule has 0 rings (SSSR count). The van der Waals surface area contributed by atoms with Crippen LogP contribution >= 0.6 is 11.6 Å². The molecular weight excluding hydrogens is 276 g/mol. The average Bonchev–Trinajstić information content (AvgIpc) is 2.35. The first-order valence-corrected chi connectivity index (χ1v) is 6.51. The van der Waals surface area contributed by atoms with Crippen LogP contribution in [-0.2, 0) is 28.6 Å². The summed E-state index contributed by atoms with van der Waals surface area (Å²) in [5.74, 6) is -1.20. The zero-order valence-electron chi connectivity index (χ0n) is 11.1. The summed E-state index contributed by atoms with van der Waals surface area (Å²) in [6, 6.07) is 0. The van der Waals surface area contributed by atoms with Crippen molar-refractivity contribution in [2.24, 2.45) is 0 Å². The molecule has 0 radical (unpaired) electrons. The fraction of sp³-hybridized carbons (Fsp3) is 0.750. The van der Waals surface area contributed by atoms with E-state index in [9.17, 15) is 14.4 Å². The van der Waals surface area contributed by atoms with Gasteiger partial charge in [-0.25, -0.2) is 9.59 Å². The van der Waals surface area contributed by atoms with Gasteiger partial charge in [-0.3, -0.25) is 4.79 Å². The van der Waals surface area contributed by atoms with E-state index in [2.05, 4.69) is 4.74 Å². The van der Waals surface area contributed by atoms with Gasteiger partial charge in [-0.2, -0.15) is 0 Å². The smallest absolute Gasteiger partial charge is 0.347 e. The second-order valence-corrected chi connectivity index (χ2v) is 4.06. The summed E-state index contributed by atoms with van der Waals surface area (Å²) < 4.78 is 14.3. The third-order valence-electron chi connectivity index (χ3n) is 2.14. The second kappa shape index (κ2) is 10.8. The topological polar surface area (TPSA) is 78.9 Å². The number of hydrogen-bond acceptors (Lipinski definition) is 6. The van der Waals surface area contributed by atoms with Crippen LogP contribution in [-0.4, -0.2) is 50.0 Å². The molecule has 0 N–H and O–H groups in total. The summed E-state index contributed by atoms with van der Waals surface area (Å²) >= 11 is 5.44. The van der Waals surface area contributed by atoms with Crippen LogP contribution in [0.15, 0.2) is 0 Å². The van der Waals surface area contributed by atoms with Crippen LogP contribution in [0.2, 0.25) is 0 Å². The first kappa shape index (κ1) is 17.9. The van der Waals surface area contributed by atoms with Crippen molar-refractivity contribution >= 4 is 29.3 Å². The Balaban J connectivity index is 4.37. The monoisotopic (exact) mass is 294 g/mol. The lowest BCUT2D eigenvalue weighted by Gasteiger charge is -2.15. The van der Waals surface area contributed by atoms with Gasteiger partial charge in [-0.1, -0.05) is 0 Å². The molecule has 110 valence electrons. The van der Waals surface area contributed by atoms with E-state index < -0.39 is 18.0 Å². The van der Waals surface area contributed by atoms with E-state index in [0.29, 0.717) is 0 Å². The summed E-state index contributed by atoms with van der Waals surface area (Å²) in [7, 11) is 1.34. The van der Waals surface area contributed by atoms with Crippen molar-refractivity contribution in [3.05, 3.63) is 0 Å². The number of esters is 2. The Labute approximate surface area is 117 Å². The molecule has 0 aromatic rings. The number of methoxy groups -OCH3 is 1. The van der Waals surface area contributed by atoms with E-state index in [0.717, 1.165) is 0 Å². The van der Waals surface area contributed by atoms with Gasteiger partial charge in [-0.15, -0.1) is 11.6 Å². The van der Waals surface area contributed by atoms with E-state index in [1.807, 2.05) is 0 Å². The zero-order chi connectivity index (χ0) is 14.7. The van der Waals surface area contributed by atoms with Crippen LogP contribution < -0.4 is 0 Å². The lowest BCUT2D eigenvalue weighted by Crippen LogP contribution is -2.31. The molecule has 0 fully saturated rings. The van der Waals surface area contributed by atoms with Gasteiger partial charge in [-0.05, 0) is 6.92 Å². The van der Waals surface area contributed by atoms with Crippen molar-refractivity contribution in [1.29, 1.82) is 0 Å². The maximum atomic E-state index is 11.6. The standard InChI is InChI=1S/C12H19ClO6/c1-3-18-12(16)10(19-11(15)8-17-2)5-4-9(14)6-7-13/h10H,3-8H2,1-2H3. The molecule has 7 heteroatoms. The number of Topliss-reactive ketones (excluding diaryl/α,β-unsaturated/α-hetero) is 1. The van der Waals surface area contributed by atoms with Crippen molar-refractivity contribution < 1.29 is 28.6 Å². The van der Waals surface area contributed by atoms with Crippen LogP contribution in [0.1, 0.15) is 26.2 Å². The Morgan fingerprint density at radius 1 is 1.21 bits per heavy atom. The van der Waals surface area contributed by atoms with E-state index in [1.165, 1.54) is 7.11 Å². The number of halogens is 1. The Morgan fingerprint density at radius 3 is 2.42 bits per heavy atom. The molecule has 19 heavy (non-hydrogen) atoms. The van der Waals surface area contributed by atoms with Crippen molar-refractivity contribution in [2.75, 3.05) is 26.2 Å². The minimum Gasteiger partial charge on any atom is -0.463 e. The molecule has 0 spiro atoms. The molecule has 1 atom stereocenters. The van der Waals surface area contributed by atoms with Crippen LogP contribution in [0.5, 0.6) is 0 Å². The molecule has 6 nitrogen and oxygen atoms in total. The Kier molecular flexibility index (Phi) is 10.1. The molecule has 1 unspecified atom stereocenters. The molecule has 0 heterocycles. The van der Waals surface area contributed by atoms with Gasteiger partial charge < -0.3 is 14.2 Å². The minimum absolute atomic E-state index is 0.0873. The number of alkyl halides is 1. The maximum absolute atomic E-state index is 11.6. The fourth-order valence-corrected chi connectivity index (χ4v) is 1.50. The number of carbonyl (C=O) groups excluding carboxylic acids is 3. The van der Waals surface area contributed by atoms with Gasteiger partial charge in [0.15, 0.2) is 6.10 Å². The normalized spacial score (nSPS) is 11.7. The number of rotatable bonds is 10. The quantitative estimate of drug-likeness (QED) is 0.443. The van der Waals surface area contributed by atoms with Crippen molar-refractivity contribution in [1.82, 2.24) is 0 Å². The largest absolute Gasteiger partial charge is 0.463 e. The van der Waals surface area contributed by atoms with Gasteiger partial charge in [0, 0.05) is 32.3 Å². The fourth-order valence-electron chi connectivity index (χ4n) is 1.29. The van der Waals surface area contributed by atoms with E-state index in [4.69, 9.17) is 21.1 Å². The molecule has 0 saturated carbocycles. The molecule has 0 aromatic carbocycles.